The van der Waals surface area contributed by atoms with Crippen LogP contribution in [-0.2, 0) is 0 Å². The van der Waals surface area contributed by atoms with Crippen molar-refractivity contribution in [3.05, 3.63) is 28.9 Å². The lowest BCUT2D eigenvalue weighted by Gasteiger charge is -2.34. The van der Waals surface area contributed by atoms with Crippen molar-refractivity contribution in [2.45, 2.75) is 38.7 Å². The van der Waals surface area contributed by atoms with Gasteiger partial charge in [-0.1, -0.05) is 11.6 Å². The molecular weight excluding hydrogens is 340 g/mol. The molecule has 0 aliphatic carbocycles. The normalized spacial score (nSPS) is 16.4. The van der Waals surface area contributed by atoms with Gasteiger partial charge in [0.05, 0.1) is 17.7 Å². The van der Waals surface area contributed by atoms with Crippen molar-refractivity contribution in [1.82, 2.24) is 9.88 Å². The number of ether oxygens (including phenoxy) is 1. The Morgan fingerprint density at radius 2 is 2.04 bits per heavy atom. The van der Waals surface area contributed by atoms with Gasteiger partial charge in [0.2, 0.25) is 0 Å². The van der Waals surface area contributed by atoms with Crippen LogP contribution in [0.1, 0.15) is 43.6 Å². The number of carbonyl (C=O) groups is 1. The first-order chi connectivity index (χ1) is 11.8. The number of aromatic amines is 1. The maximum absolute atomic E-state index is 12.8. The standard InChI is InChI=1S/C19H25ClN2O3/c1-19(2,24)11-12-4-6-22(7-5-12)18(23)16-8-13-9-17(25-3)14(20)10-15(13)21-16/h8-10,12,21,24H,4-7,11H2,1-3H3. The van der Waals surface area contributed by atoms with Gasteiger partial charge in [0.1, 0.15) is 11.4 Å². The maximum atomic E-state index is 12.8. The third-order valence-electron chi connectivity index (χ3n) is 4.81. The van der Waals surface area contributed by atoms with Crippen LogP contribution in [0.4, 0.5) is 0 Å². The summed E-state index contributed by atoms with van der Waals surface area (Å²) in [7, 11) is 1.57. The van der Waals surface area contributed by atoms with E-state index in [1.807, 2.05) is 30.9 Å². The third-order valence-corrected chi connectivity index (χ3v) is 5.11. The van der Waals surface area contributed by atoms with Gasteiger partial charge in [-0.15, -0.1) is 0 Å². The number of fused-ring (bicyclic) bond motifs is 1. The molecule has 25 heavy (non-hydrogen) atoms. The number of rotatable bonds is 4. The number of aromatic nitrogens is 1. The number of methoxy groups -OCH3 is 1. The molecule has 1 fully saturated rings. The van der Waals surface area contributed by atoms with E-state index in [9.17, 15) is 9.90 Å². The molecule has 2 aromatic rings. The minimum absolute atomic E-state index is 0.00741. The van der Waals surface area contributed by atoms with Gasteiger partial charge in [-0.25, -0.2) is 0 Å². The Hall–Kier alpha value is -1.72. The van der Waals surface area contributed by atoms with Crippen molar-refractivity contribution in [2.75, 3.05) is 20.2 Å². The summed E-state index contributed by atoms with van der Waals surface area (Å²) in [4.78, 5) is 17.8. The van der Waals surface area contributed by atoms with Gasteiger partial charge in [-0.3, -0.25) is 4.79 Å². The fraction of sp³-hybridized carbons (Fsp3) is 0.526. The summed E-state index contributed by atoms with van der Waals surface area (Å²) in [6.45, 7) is 5.13. The van der Waals surface area contributed by atoms with E-state index >= 15 is 0 Å². The molecule has 2 N–H and O–H groups in total. The average Bonchev–Trinajstić information content (AvgIpc) is 2.95. The summed E-state index contributed by atoms with van der Waals surface area (Å²) < 4.78 is 5.23. The second-order valence-electron chi connectivity index (χ2n) is 7.51. The average molecular weight is 365 g/mol. The first-order valence-electron chi connectivity index (χ1n) is 8.65. The Kier molecular flexibility index (Phi) is 4.98. The van der Waals surface area contributed by atoms with E-state index < -0.39 is 5.60 Å². The monoisotopic (exact) mass is 364 g/mol. The Labute approximate surface area is 152 Å². The number of H-pyrrole nitrogens is 1. The lowest BCUT2D eigenvalue weighted by atomic mass is 9.86. The minimum atomic E-state index is -0.646. The van der Waals surface area contributed by atoms with E-state index in [1.165, 1.54) is 0 Å². The molecule has 2 heterocycles. The number of carbonyl (C=O) groups excluding carboxylic acids is 1. The molecule has 1 amide bonds. The van der Waals surface area contributed by atoms with Crippen molar-refractivity contribution < 1.29 is 14.6 Å². The molecule has 136 valence electrons. The fourth-order valence-corrected chi connectivity index (χ4v) is 3.86. The number of nitrogens with zero attached hydrogens (tertiary/aromatic N) is 1. The molecule has 0 radical (unpaired) electrons. The summed E-state index contributed by atoms with van der Waals surface area (Å²) in [5.74, 6) is 1.07. The summed E-state index contributed by atoms with van der Waals surface area (Å²) in [5.41, 5.74) is 0.748. The second-order valence-corrected chi connectivity index (χ2v) is 7.92. The molecule has 3 rings (SSSR count). The molecule has 1 aliphatic heterocycles. The van der Waals surface area contributed by atoms with Crippen LogP contribution in [0.25, 0.3) is 10.9 Å². The molecule has 1 aromatic carbocycles. The van der Waals surface area contributed by atoms with Crippen molar-refractivity contribution in [1.29, 1.82) is 0 Å². The van der Waals surface area contributed by atoms with E-state index in [4.69, 9.17) is 16.3 Å². The van der Waals surface area contributed by atoms with E-state index in [-0.39, 0.29) is 5.91 Å². The molecule has 0 unspecified atom stereocenters. The van der Waals surface area contributed by atoms with Crippen LogP contribution < -0.4 is 4.74 Å². The first-order valence-corrected chi connectivity index (χ1v) is 9.02. The number of amides is 1. The molecule has 5 nitrogen and oxygen atoms in total. The Bertz CT molecular complexity index is 771. The molecule has 0 atom stereocenters. The summed E-state index contributed by atoms with van der Waals surface area (Å²) in [5, 5.41) is 11.4. The molecule has 1 aromatic heterocycles. The molecule has 0 saturated carbocycles. The van der Waals surface area contributed by atoms with Crippen LogP contribution in [0.15, 0.2) is 18.2 Å². The number of piperidine rings is 1. The quantitative estimate of drug-likeness (QED) is 0.866. The van der Waals surface area contributed by atoms with Gasteiger partial charge in [-0.05, 0) is 57.2 Å². The molecule has 6 heteroatoms. The summed E-state index contributed by atoms with van der Waals surface area (Å²) in [6, 6.07) is 5.46. The van der Waals surface area contributed by atoms with Crippen molar-refractivity contribution in [2.24, 2.45) is 5.92 Å². The van der Waals surface area contributed by atoms with Gasteiger partial charge in [0, 0.05) is 24.0 Å². The van der Waals surface area contributed by atoms with E-state index in [2.05, 4.69) is 4.98 Å². The summed E-state index contributed by atoms with van der Waals surface area (Å²) in [6.07, 6.45) is 2.63. The Morgan fingerprint density at radius 3 is 2.64 bits per heavy atom. The lowest BCUT2D eigenvalue weighted by Crippen LogP contribution is -2.40. The van der Waals surface area contributed by atoms with E-state index in [0.717, 1.165) is 43.3 Å². The summed E-state index contributed by atoms with van der Waals surface area (Å²) >= 11 is 6.15. The number of halogens is 1. The van der Waals surface area contributed by atoms with Crippen LogP contribution >= 0.6 is 11.6 Å². The van der Waals surface area contributed by atoms with Crippen molar-refractivity contribution in [3.63, 3.8) is 0 Å². The van der Waals surface area contributed by atoms with Gasteiger partial charge >= 0.3 is 0 Å². The highest BCUT2D eigenvalue weighted by atomic mass is 35.5. The number of hydrogen-bond donors (Lipinski definition) is 2. The molecule has 1 saturated heterocycles. The number of hydrogen-bond acceptors (Lipinski definition) is 3. The zero-order chi connectivity index (χ0) is 18.2. The number of likely N-dealkylation sites (tertiary alicyclic amines) is 1. The smallest absolute Gasteiger partial charge is 0.270 e. The Morgan fingerprint density at radius 1 is 1.36 bits per heavy atom. The van der Waals surface area contributed by atoms with Crippen molar-refractivity contribution in [3.8, 4) is 5.75 Å². The molecular formula is C19H25ClN2O3. The molecule has 0 spiro atoms. The topological polar surface area (TPSA) is 65.6 Å². The van der Waals surface area contributed by atoms with Crippen LogP contribution in [0.5, 0.6) is 5.75 Å². The SMILES string of the molecule is COc1cc2cc(C(=O)N3CCC(CC(C)(C)O)CC3)[nH]c2cc1Cl. The maximum Gasteiger partial charge on any atom is 0.270 e. The van der Waals surface area contributed by atoms with Crippen LogP contribution in [0, 0.1) is 5.92 Å². The predicted octanol–water partition coefficient (Wildman–Crippen LogP) is 3.84. The highest BCUT2D eigenvalue weighted by Gasteiger charge is 2.28. The largest absolute Gasteiger partial charge is 0.495 e. The third kappa shape index (κ3) is 4.10. The van der Waals surface area contributed by atoms with Gasteiger partial charge in [0.15, 0.2) is 0 Å². The minimum Gasteiger partial charge on any atom is -0.495 e. The second kappa shape index (κ2) is 6.89. The number of benzene rings is 1. The zero-order valence-corrected chi connectivity index (χ0v) is 15.7. The van der Waals surface area contributed by atoms with Crippen LogP contribution in [0.3, 0.4) is 0 Å². The number of nitrogens with one attached hydrogen (secondary N) is 1. The zero-order valence-electron chi connectivity index (χ0n) is 14.9. The fourth-order valence-electron chi connectivity index (χ4n) is 3.62. The van der Waals surface area contributed by atoms with Gasteiger partial charge in [-0.2, -0.15) is 0 Å². The Balaban J connectivity index is 1.70. The predicted molar refractivity (Wildman–Crippen MR) is 99.4 cm³/mol. The van der Waals surface area contributed by atoms with Gasteiger partial charge < -0.3 is 19.7 Å². The van der Waals surface area contributed by atoms with Crippen molar-refractivity contribution >= 4 is 28.4 Å². The molecule has 0 bridgehead atoms. The first kappa shape index (κ1) is 18.1. The highest BCUT2D eigenvalue weighted by molar-refractivity contribution is 6.32. The van der Waals surface area contributed by atoms with Crippen LogP contribution in [-0.4, -0.2) is 46.7 Å². The number of aliphatic hydroxyl groups is 1. The molecule has 1 aliphatic rings. The highest BCUT2D eigenvalue weighted by Crippen LogP contribution is 2.31. The van der Waals surface area contributed by atoms with E-state index in [1.54, 1.807) is 13.2 Å². The van der Waals surface area contributed by atoms with E-state index in [0.29, 0.717) is 22.4 Å². The van der Waals surface area contributed by atoms with Crippen LogP contribution in [0.2, 0.25) is 5.02 Å². The van der Waals surface area contributed by atoms with Gasteiger partial charge in [0.25, 0.3) is 5.91 Å². The lowest BCUT2D eigenvalue weighted by molar-refractivity contribution is 0.0357.